The van der Waals surface area contributed by atoms with E-state index in [9.17, 15) is 34.8 Å². The molecule has 7 rings (SSSR count). The number of carbonyl (C=O) groups excluding carboxylic acids is 3. The van der Waals surface area contributed by atoms with Crippen LogP contribution in [0.3, 0.4) is 0 Å². The number of Topliss-reactive ketones (excluding diaryl/α,β-unsaturated/α-hetero) is 3. The first-order chi connectivity index (χ1) is 17.3. The zero-order valence-electron chi connectivity index (χ0n) is 18.9. The summed E-state index contributed by atoms with van der Waals surface area (Å²) < 4.78 is 6.55. The highest BCUT2D eigenvalue weighted by atomic mass is 16.5. The minimum absolute atomic E-state index is 0.0216. The minimum atomic E-state index is -1.87. The summed E-state index contributed by atoms with van der Waals surface area (Å²) in [6, 6.07) is 8.84. The summed E-state index contributed by atoms with van der Waals surface area (Å²) in [4.78, 5) is 40.6. The van der Waals surface area contributed by atoms with E-state index in [1.54, 1.807) is 12.1 Å². The second-order valence-electron chi connectivity index (χ2n) is 9.89. The van der Waals surface area contributed by atoms with Gasteiger partial charge in [0.25, 0.3) is 0 Å². The maximum absolute atomic E-state index is 14.3. The van der Waals surface area contributed by atoms with Crippen LogP contribution in [0.5, 0.6) is 23.0 Å². The van der Waals surface area contributed by atoms with Crippen molar-refractivity contribution in [1.82, 2.24) is 0 Å². The quantitative estimate of drug-likeness (QED) is 0.370. The summed E-state index contributed by atoms with van der Waals surface area (Å²) in [5.74, 6) is -3.56. The molecule has 8 heteroatoms. The predicted molar refractivity (Wildman–Crippen MR) is 127 cm³/mol. The number of phenols is 3. The fourth-order valence-corrected chi connectivity index (χ4v) is 6.91. The smallest absolute Gasteiger partial charge is 0.212 e. The number of carbonyl (C=O) groups is 3. The number of hydrogen-bond acceptors (Lipinski definition) is 8. The summed E-state index contributed by atoms with van der Waals surface area (Å²) in [7, 11) is 0. The highest BCUT2D eigenvalue weighted by Gasteiger charge is 2.65. The molecule has 1 spiro atoms. The Morgan fingerprint density at radius 1 is 0.833 bits per heavy atom. The Kier molecular flexibility index (Phi) is 3.88. The number of aliphatic hydroxyl groups is 1. The number of ketones is 3. The van der Waals surface area contributed by atoms with Gasteiger partial charge in [-0.25, -0.2) is 0 Å². The van der Waals surface area contributed by atoms with Crippen LogP contribution in [-0.4, -0.2) is 43.4 Å². The third kappa shape index (κ3) is 2.23. The first kappa shape index (κ1) is 21.0. The second kappa shape index (κ2) is 6.66. The van der Waals surface area contributed by atoms with E-state index < -0.39 is 34.8 Å². The third-order valence-electron chi connectivity index (χ3n) is 8.31. The second-order valence-corrected chi connectivity index (χ2v) is 9.89. The van der Waals surface area contributed by atoms with Crippen LogP contribution in [0.15, 0.2) is 42.0 Å². The molecule has 8 nitrogen and oxygen atoms in total. The van der Waals surface area contributed by atoms with Crippen LogP contribution in [0, 0.1) is 5.92 Å². The van der Waals surface area contributed by atoms with Gasteiger partial charge in [0.05, 0.1) is 22.1 Å². The van der Waals surface area contributed by atoms with Crippen LogP contribution in [0.25, 0.3) is 16.5 Å². The van der Waals surface area contributed by atoms with E-state index in [0.717, 1.165) is 0 Å². The molecule has 3 aromatic carbocycles. The maximum atomic E-state index is 14.3. The van der Waals surface area contributed by atoms with E-state index in [1.807, 2.05) is 0 Å². The van der Waals surface area contributed by atoms with Gasteiger partial charge in [-0.05, 0) is 30.9 Å². The van der Waals surface area contributed by atoms with Crippen LogP contribution in [0.2, 0.25) is 0 Å². The van der Waals surface area contributed by atoms with Crippen LogP contribution in [-0.2, 0) is 4.79 Å². The molecule has 0 bridgehead atoms. The number of ether oxygens (including phenoxy) is 1. The molecule has 4 N–H and O–H groups in total. The molecule has 1 saturated carbocycles. The lowest BCUT2D eigenvalue weighted by atomic mass is 9.56. The van der Waals surface area contributed by atoms with Crippen molar-refractivity contribution in [3.63, 3.8) is 0 Å². The Morgan fingerprint density at radius 3 is 2.36 bits per heavy atom. The van der Waals surface area contributed by atoms with Crippen LogP contribution in [0.1, 0.15) is 63.4 Å². The normalized spacial score (nSPS) is 26.2. The standard InChI is InChI=1S/C28H20O8/c29-15-5-1-3-12-19(15)24(33)22-17(31)9-7-11-14-8-10-18(32)23-25(34)20-13(4-2-6-16(20)30)27(35)28(14,23)36-26(12)21(11)22/h1-6,11,14,29-30,33-34H,7-10H2/t11-,14-,28+/m1/s1. The van der Waals surface area contributed by atoms with Crippen LogP contribution >= 0.6 is 0 Å². The maximum Gasteiger partial charge on any atom is 0.212 e. The average Bonchev–Trinajstić information content (AvgIpc) is 2.85. The van der Waals surface area contributed by atoms with Gasteiger partial charge < -0.3 is 25.2 Å². The van der Waals surface area contributed by atoms with E-state index in [1.165, 1.54) is 24.3 Å². The third-order valence-corrected chi connectivity index (χ3v) is 8.31. The molecule has 180 valence electrons. The molecule has 3 aromatic rings. The highest BCUT2D eigenvalue weighted by molar-refractivity contribution is 6.22. The van der Waals surface area contributed by atoms with Gasteiger partial charge in [-0.3, -0.25) is 14.4 Å². The van der Waals surface area contributed by atoms with Gasteiger partial charge in [-0.15, -0.1) is 0 Å². The molecule has 0 aromatic heterocycles. The van der Waals surface area contributed by atoms with E-state index in [-0.39, 0.29) is 75.7 Å². The number of aliphatic hydroxyl groups excluding tert-OH is 1. The topological polar surface area (TPSA) is 141 Å². The van der Waals surface area contributed by atoms with Crippen molar-refractivity contribution < 1.29 is 39.5 Å². The van der Waals surface area contributed by atoms with Crippen molar-refractivity contribution in [3.05, 3.63) is 64.2 Å². The SMILES string of the molecule is O=C1CC[C@@H]2[C@H]3CCC(=O)c4c3c(c3cccc(O)c3c4O)O[C@@]23C(=O)c2cccc(O)c2C(O)=C13. The van der Waals surface area contributed by atoms with Gasteiger partial charge in [0.15, 0.2) is 11.6 Å². The molecule has 0 radical (unpaired) electrons. The molecule has 4 aliphatic rings. The largest absolute Gasteiger partial charge is 0.507 e. The molecular formula is C28H20O8. The Morgan fingerprint density at radius 2 is 1.56 bits per heavy atom. The van der Waals surface area contributed by atoms with Crippen molar-refractivity contribution in [3.8, 4) is 23.0 Å². The highest BCUT2D eigenvalue weighted by Crippen LogP contribution is 2.62. The first-order valence-corrected chi connectivity index (χ1v) is 11.8. The van der Waals surface area contributed by atoms with Crippen molar-refractivity contribution in [2.24, 2.45) is 5.92 Å². The van der Waals surface area contributed by atoms with Crippen molar-refractivity contribution >= 4 is 33.9 Å². The molecule has 36 heavy (non-hydrogen) atoms. The molecule has 1 aliphatic heterocycles. The number of hydrogen-bond donors (Lipinski definition) is 4. The van der Waals surface area contributed by atoms with Gasteiger partial charge in [0, 0.05) is 35.3 Å². The van der Waals surface area contributed by atoms with E-state index in [2.05, 4.69) is 0 Å². The predicted octanol–water partition coefficient (Wildman–Crippen LogP) is 4.29. The van der Waals surface area contributed by atoms with Gasteiger partial charge in [0.2, 0.25) is 11.4 Å². The molecule has 3 aliphatic carbocycles. The molecule has 0 amide bonds. The molecule has 0 saturated heterocycles. The fraction of sp³-hybridized carbons (Fsp3) is 0.250. The lowest BCUT2D eigenvalue weighted by Crippen LogP contribution is -2.62. The molecule has 1 fully saturated rings. The Bertz CT molecular complexity index is 1630. The van der Waals surface area contributed by atoms with Crippen molar-refractivity contribution in [1.29, 1.82) is 0 Å². The number of rotatable bonds is 0. The summed E-state index contributed by atoms with van der Waals surface area (Å²) >= 11 is 0. The fourth-order valence-electron chi connectivity index (χ4n) is 6.91. The van der Waals surface area contributed by atoms with E-state index in [4.69, 9.17) is 4.74 Å². The Balaban J connectivity index is 1.63. The number of phenolic OH excluding ortho intramolecular Hbond substituents is 3. The summed E-state index contributed by atoms with van der Waals surface area (Å²) in [6.45, 7) is 0. The zero-order valence-corrected chi connectivity index (χ0v) is 18.9. The van der Waals surface area contributed by atoms with Gasteiger partial charge in [0.1, 0.15) is 28.8 Å². The summed E-state index contributed by atoms with van der Waals surface area (Å²) in [6.07, 6.45) is 0.828. The average molecular weight is 484 g/mol. The first-order valence-electron chi connectivity index (χ1n) is 11.8. The van der Waals surface area contributed by atoms with E-state index in [0.29, 0.717) is 17.4 Å². The number of aromatic hydroxyl groups is 3. The minimum Gasteiger partial charge on any atom is -0.507 e. The van der Waals surface area contributed by atoms with Crippen molar-refractivity contribution in [2.45, 2.75) is 37.2 Å². The summed E-state index contributed by atoms with van der Waals surface area (Å²) in [5, 5.41) is 43.8. The molecule has 0 unspecified atom stereocenters. The lowest BCUT2D eigenvalue weighted by molar-refractivity contribution is -0.121. The van der Waals surface area contributed by atoms with Crippen LogP contribution in [0.4, 0.5) is 0 Å². The van der Waals surface area contributed by atoms with Crippen molar-refractivity contribution in [2.75, 3.05) is 0 Å². The van der Waals surface area contributed by atoms with Gasteiger partial charge in [-0.1, -0.05) is 24.3 Å². The monoisotopic (exact) mass is 484 g/mol. The lowest BCUT2D eigenvalue weighted by Gasteiger charge is -2.53. The van der Waals surface area contributed by atoms with Gasteiger partial charge in [-0.2, -0.15) is 0 Å². The van der Waals surface area contributed by atoms with Gasteiger partial charge >= 0.3 is 0 Å². The van der Waals surface area contributed by atoms with E-state index >= 15 is 0 Å². The Labute approximate surface area is 204 Å². The summed E-state index contributed by atoms with van der Waals surface area (Å²) in [5.41, 5.74) is -1.58. The zero-order chi connectivity index (χ0) is 25.1. The van der Waals surface area contributed by atoms with Crippen LogP contribution < -0.4 is 4.74 Å². The molecular weight excluding hydrogens is 464 g/mol. The molecule has 1 heterocycles. The Hall–Kier alpha value is -4.33. The number of fused-ring (bicyclic) bond motifs is 4. The molecule has 3 atom stereocenters. The number of benzene rings is 3.